The molecule has 1 aromatic rings. The summed E-state index contributed by atoms with van der Waals surface area (Å²) < 4.78 is 6.01. The van der Waals surface area contributed by atoms with E-state index < -0.39 is 14.2 Å². The molecule has 8 nitrogen and oxygen atoms in total. The number of piperidine rings is 1. The number of likely N-dealkylation sites (tertiary alicyclic amines) is 1. The van der Waals surface area contributed by atoms with Gasteiger partial charge in [-0.3, -0.25) is 0 Å². The van der Waals surface area contributed by atoms with Crippen molar-refractivity contribution >= 4 is 25.8 Å². The second-order valence-corrected chi connectivity index (χ2v) is 15.5. The maximum atomic E-state index is 11.5. The summed E-state index contributed by atoms with van der Waals surface area (Å²) in [5.74, 6) is 2.10. The highest BCUT2D eigenvalue weighted by atomic mass is 28.3. The van der Waals surface area contributed by atoms with E-state index in [1.165, 1.54) is 4.90 Å². The van der Waals surface area contributed by atoms with Crippen molar-refractivity contribution in [2.75, 3.05) is 49.3 Å². The molecule has 0 aliphatic carbocycles. The van der Waals surface area contributed by atoms with E-state index in [1.54, 1.807) is 6.33 Å². The standard InChI is InChI=1S/C21H33N5O3Si/c1-15-10-26(16-6-5-7-24(11-16)21(27)28)20-18-17(15)12-25(19(18)22-13-23-20)14-29-8-9-30(2,3)4/h13,16-17H,1,5-12,14H2,2-4H3,(H,27,28). The summed E-state index contributed by atoms with van der Waals surface area (Å²) in [6, 6.07) is 1.27. The Morgan fingerprint density at radius 1 is 1.30 bits per heavy atom. The van der Waals surface area contributed by atoms with Crippen LogP contribution in [0.1, 0.15) is 24.3 Å². The van der Waals surface area contributed by atoms with Gasteiger partial charge in [0, 0.05) is 58.4 Å². The molecule has 3 aliphatic rings. The minimum absolute atomic E-state index is 0.119. The van der Waals surface area contributed by atoms with Crippen molar-refractivity contribution < 1.29 is 14.6 Å². The fraction of sp³-hybridized carbons (Fsp3) is 0.667. The summed E-state index contributed by atoms with van der Waals surface area (Å²) in [6.07, 6.45) is 2.62. The van der Waals surface area contributed by atoms with Gasteiger partial charge in [0.15, 0.2) is 0 Å². The highest BCUT2D eigenvalue weighted by Gasteiger charge is 2.42. The molecule has 4 rings (SSSR count). The smallest absolute Gasteiger partial charge is 0.407 e. The van der Waals surface area contributed by atoms with Gasteiger partial charge in [0.1, 0.15) is 24.7 Å². The van der Waals surface area contributed by atoms with E-state index >= 15 is 0 Å². The zero-order valence-electron chi connectivity index (χ0n) is 18.3. The fourth-order valence-corrected chi connectivity index (χ4v) is 5.41. The number of hydrogen-bond donors (Lipinski definition) is 1. The van der Waals surface area contributed by atoms with E-state index in [0.29, 0.717) is 19.8 Å². The van der Waals surface area contributed by atoms with Gasteiger partial charge in [0.25, 0.3) is 0 Å². The SMILES string of the molecule is C=C1CN(C2CCCN(C(=O)O)C2)c2ncnc3c2C1CN3COCC[Si](C)(C)C. The van der Waals surface area contributed by atoms with Crippen LogP contribution in [0.15, 0.2) is 18.5 Å². The number of hydrogen-bond acceptors (Lipinski definition) is 6. The normalized spacial score (nSPS) is 23.7. The molecule has 1 N–H and O–H groups in total. The monoisotopic (exact) mass is 431 g/mol. The summed E-state index contributed by atoms with van der Waals surface area (Å²) in [4.78, 5) is 26.7. The quantitative estimate of drug-likeness (QED) is 0.421. The molecule has 2 atom stereocenters. The Bertz CT molecular complexity index is 827. The lowest BCUT2D eigenvalue weighted by molar-refractivity contribution is 0.130. The highest BCUT2D eigenvalue weighted by molar-refractivity contribution is 6.76. The van der Waals surface area contributed by atoms with Gasteiger partial charge in [0.05, 0.1) is 0 Å². The van der Waals surface area contributed by atoms with Crippen LogP contribution < -0.4 is 9.80 Å². The van der Waals surface area contributed by atoms with Crippen LogP contribution >= 0.6 is 0 Å². The third-order valence-electron chi connectivity index (χ3n) is 6.38. The van der Waals surface area contributed by atoms with Crippen LogP contribution in [0.5, 0.6) is 0 Å². The molecule has 9 heteroatoms. The van der Waals surface area contributed by atoms with Gasteiger partial charge in [-0.2, -0.15) is 0 Å². The third-order valence-corrected chi connectivity index (χ3v) is 8.09. The average Bonchev–Trinajstić information content (AvgIpc) is 3.08. The van der Waals surface area contributed by atoms with Crippen LogP contribution in [-0.2, 0) is 4.74 Å². The van der Waals surface area contributed by atoms with Crippen LogP contribution in [0.4, 0.5) is 16.4 Å². The molecular formula is C21H33N5O3Si. The number of aromatic nitrogens is 2. The number of carboxylic acid groups (broad SMARTS) is 1. The lowest BCUT2D eigenvalue weighted by atomic mass is 9.89. The molecule has 3 aliphatic heterocycles. The minimum Gasteiger partial charge on any atom is -0.465 e. The number of rotatable bonds is 6. The van der Waals surface area contributed by atoms with E-state index in [9.17, 15) is 9.90 Å². The molecular weight excluding hydrogens is 398 g/mol. The molecule has 0 spiro atoms. The van der Waals surface area contributed by atoms with Crippen molar-refractivity contribution in [2.24, 2.45) is 0 Å². The molecule has 30 heavy (non-hydrogen) atoms. The number of ether oxygens (including phenoxy) is 1. The van der Waals surface area contributed by atoms with Crippen LogP contribution in [0, 0.1) is 0 Å². The van der Waals surface area contributed by atoms with Crippen LogP contribution in [0.3, 0.4) is 0 Å². The molecule has 1 fully saturated rings. The van der Waals surface area contributed by atoms with E-state index in [4.69, 9.17) is 4.74 Å². The fourth-order valence-electron chi connectivity index (χ4n) is 4.66. The predicted molar refractivity (Wildman–Crippen MR) is 120 cm³/mol. The lowest BCUT2D eigenvalue weighted by Gasteiger charge is -2.42. The average molecular weight is 432 g/mol. The zero-order chi connectivity index (χ0) is 21.5. The molecule has 0 bridgehead atoms. The van der Waals surface area contributed by atoms with E-state index in [1.807, 2.05) is 0 Å². The van der Waals surface area contributed by atoms with Crippen molar-refractivity contribution in [3.8, 4) is 0 Å². The number of carbonyl (C=O) groups is 1. The van der Waals surface area contributed by atoms with Crippen LogP contribution in [0.25, 0.3) is 0 Å². The van der Waals surface area contributed by atoms with Crippen molar-refractivity contribution in [3.63, 3.8) is 0 Å². The Balaban J connectivity index is 1.52. The minimum atomic E-state index is -1.11. The number of anilines is 2. The van der Waals surface area contributed by atoms with Gasteiger partial charge in [-0.25, -0.2) is 14.8 Å². The first-order valence-electron chi connectivity index (χ1n) is 10.8. The van der Waals surface area contributed by atoms with Crippen molar-refractivity contribution in [1.82, 2.24) is 14.9 Å². The topological polar surface area (TPSA) is 82.0 Å². The van der Waals surface area contributed by atoms with E-state index in [2.05, 4.69) is 46.0 Å². The lowest BCUT2D eigenvalue weighted by Crippen LogP contribution is -2.51. The van der Waals surface area contributed by atoms with Gasteiger partial charge >= 0.3 is 6.09 Å². The molecule has 0 aromatic carbocycles. The molecule has 164 valence electrons. The summed E-state index contributed by atoms with van der Waals surface area (Å²) in [5.41, 5.74) is 2.28. The maximum absolute atomic E-state index is 11.5. The molecule has 1 aromatic heterocycles. The van der Waals surface area contributed by atoms with Crippen molar-refractivity contribution in [2.45, 2.75) is 50.5 Å². The van der Waals surface area contributed by atoms with Gasteiger partial charge < -0.3 is 24.5 Å². The summed E-state index contributed by atoms with van der Waals surface area (Å²) in [7, 11) is -1.11. The van der Waals surface area contributed by atoms with Gasteiger partial charge in [0.2, 0.25) is 0 Å². The molecule has 1 saturated heterocycles. The molecule has 1 amide bonds. The largest absolute Gasteiger partial charge is 0.465 e. The van der Waals surface area contributed by atoms with Gasteiger partial charge in [-0.05, 0) is 24.5 Å². The number of amides is 1. The Kier molecular flexibility index (Phi) is 5.76. The van der Waals surface area contributed by atoms with E-state index in [0.717, 1.165) is 61.4 Å². The first kappa shape index (κ1) is 21.1. The summed E-state index contributed by atoms with van der Waals surface area (Å²) >= 11 is 0. The first-order valence-corrected chi connectivity index (χ1v) is 14.5. The Morgan fingerprint density at radius 2 is 2.07 bits per heavy atom. The second kappa shape index (κ2) is 8.18. The Labute approximate surface area is 179 Å². The third kappa shape index (κ3) is 4.18. The predicted octanol–water partition coefficient (Wildman–Crippen LogP) is 3.21. The summed E-state index contributed by atoms with van der Waals surface area (Å²) in [5, 5.41) is 9.43. The molecule has 0 saturated carbocycles. The second-order valence-electron chi connectivity index (χ2n) is 9.87. The molecule has 2 unspecified atom stereocenters. The number of nitrogens with zero attached hydrogens (tertiary/aromatic N) is 5. The highest BCUT2D eigenvalue weighted by Crippen LogP contribution is 2.47. The van der Waals surface area contributed by atoms with Crippen LogP contribution in [0.2, 0.25) is 25.7 Å². The van der Waals surface area contributed by atoms with Crippen molar-refractivity contribution in [3.05, 3.63) is 24.0 Å². The van der Waals surface area contributed by atoms with E-state index in [-0.39, 0.29) is 12.0 Å². The molecule has 4 heterocycles. The Morgan fingerprint density at radius 3 is 2.80 bits per heavy atom. The zero-order valence-corrected chi connectivity index (χ0v) is 19.3. The first-order chi connectivity index (χ1) is 14.2. The maximum Gasteiger partial charge on any atom is 0.407 e. The molecule has 0 radical (unpaired) electrons. The Hall–Kier alpha value is -2.13. The van der Waals surface area contributed by atoms with Crippen molar-refractivity contribution in [1.29, 1.82) is 0 Å². The van der Waals surface area contributed by atoms with Gasteiger partial charge in [-0.1, -0.05) is 26.2 Å². The van der Waals surface area contributed by atoms with Gasteiger partial charge in [-0.15, -0.1) is 0 Å². The van der Waals surface area contributed by atoms with Crippen LogP contribution in [-0.4, -0.2) is 79.7 Å². The summed E-state index contributed by atoms with van der Waals surface area (Å²) in [6.45, 7) is 15.4.